The molecule has 0 unspecified atom stereocenters. The Hall–Kier alpha value is -1.97. The van der Waals surface area contributed by atoms with Crippen molar-refractivity contribution >= 4 is 29.7 Å². The molecular weight excluding hydrogens is 354 g/mol. The summed E-state index contributed by atoms with van der Waals surface area (Å²) in [5, 5.41) is 3.66. The van der Waals surface area contributed by atoms with Gasteiger partial charge in [-0.2, -0.15) is 0 Å². The van der Waals surface area contributed by atoms with Gasteiger partial charge in [-0.15, -0.1) is 11.8 Å². The van der Waals surface area contributed by atoms with Gasteiger partial charge >= 0.3 is 17.9 Å². The fourth-order valence-electron chi connectivity index (χ4n) is 2.37. The summed E-state index contributed by atoms with van der Waals surface area (Å²) >= 11 is 1.33. The van der Waals surface area contributed by atoms with Crippen LogP contribution in [0.5, 0.6) is 0 Å². The van der Waals surface area contributed by atoms with Gasteiger partial charge in [0, 0.05) is 25.7 Å². The van der Waals surface area contributed by atoms with E-state index in [1.807, 2.05) is 6.92 Å². The fraction of sp³-hybridized carbons (Fsp3) is 0.786. The van der Waals surface area contributed by atoms with Crippen molar-refractivity contribution in [3.05, 3.63) is 10.4 Å². The van der Waals surface area contributed by atoms with E-state index in [0.29, 0.717) is 5.75 Å². The van der Waals surface area contributed by atoms with Crippen molar-refractivity contribution in [3.8, 4) is 0 Å². The van der Waals surface area contributed by atoms with Crippen LogP contribution in [0.3, 0.4) is 0 Å². The molecule has 0 spiro atoms. The molecule has 0 aromatic rings. The van der Waals surface area contributed by atoms with Crippen LogP contribution in [-0.2, 0) is 33.3 Å². The van der Waals surface area contributed by atoms with Crippen molar-refractivity contribution in [1.29, 1.82) is 0 Å². The van der Waals surface area contributed by atoms with Crippen molar-refractivity contribution in [3.63, 3.8) is 0 Å². The topological polar surface area (TPSA) is 137 Å². The summed E-state index contributed by atoms with van der Waals surface area (Å²) in [6.07, 6.45) is -3.01. The molecule has 1 aliphatic heterocycles. The molecule has 0 aromatic heterocycles. The van der Waals surface area contributed by atoms with E-state index in [4.69, 9.17) is 24.5 Å². The van der Waals surface area contributed by atoms with Crippen molar-refractivity contribution in [2.24, 2.45) is 5.11 Å². The SMILES string of the molecule is CCS[C@H]1O[C@H](COC(C)=O)[C@@H](OC(C)=O)[C@H](OC(C)=O)[C@@H]1N=[N+]=[N-]. The number of carbonyl (C=O) groups excluding carboxylic acids is 3. The molecule has 1 rings (SSSR count). The van der Waals surface area contributed by atoms with Crippen LogP contribution in [0.2, 0.25) is 0 Å². The number of azide groups is 1. The lowest BCUT2D eigenvalue weighted by Gasteiger charge is -2.43. The normalized spacial score (nSPS) is 28.4. The van der Waals surface area contributed by atoms with E-state index < -0.39 is 47.7 Å². The van der Waals surface area contributed by atoms with Crippen molar-refractivity contribution in [1.82, 2.24) is 0 Å². The molecule has 1 fully saturated rings. The third-order valence-corrected chi connectivity index (χ3v) is 4.24. The minimum atomic E-state index is -1.08. The third kappa shape index (κ3) is 6.45. The summed E-state index contributed by atoms with van der Waals surface area (Å²) in [6, 6.07) is -0.906. The van der Waals surface area contributed by atoms with E-state index in [9.17, 15) is 14.4 Å². The monoisotopic (exact) mass is 375 g/mol. The predicted octanol–water partition coefficient (Wildman–Crippen LogP) is 1.57. The average Bonchev–Trinajstić information content (AvgIpc) is 2.50. The molecule has 0 N–H and O–H groups in total. The summed E-state index contributed by atoms with van der Waals surface area (Å²) in [4.78, 5) is 36.8. The van der Waals surface area contributed by atoms with Gasteiger partial charge in [-0.25, -0.2) is 0 Å². The molecule has 25 heavy (non-hydrogen) atoms. The summed E-state index contributed by atoms with van der Waals surface area (Å²) in [6.45, 7) is 5.28. The fourth-order valence-corrected chi connectivity index (χ4v) is 3.33. The van der Waals surface area contributed by atoms with Crippen molar-refractivity contribution in [2.75, 3.05) is 12.4 Å². The van der Waals surface area contributed by atoms with Gasteiger partial charge in [-0.1, -0.05) is 12.0 Å². The van der Waals surface area contributed by atoms with E-state index in [0.717, 1.165) is 0 Å². The zero-order valence-electron chi connectivity index (χ0n) is 14.4. The van der Waals surface area contributed by atoms with Gasteiger partial charge in [0.1, 0.15) is 24.2 Å². The molecule has 1 aliphatic rings. The number of carbonyl (C=O) groups is 3. The molecule has 1 heterocycles. The Balaban J connectivity index is 3.21. The average molecular weight is 375 g/mol. The third-order valence-electron chi connectivity index (χ3n) is 3.19. The summed E-state index contributed by atoms with van der Waals surface area (Å²) in [5.74, 6) is -1.17. The molecule has 5 atom stereocenters. The van der Waals surface area contributed by atoms with Gasteiger partial charge in [0.25, 0.3) is 0 Å². The number of ether oxygens (including phenoxy) is 4. The smallest absolute Gasteiger partial charge is 0.303 e. The molecule has 0 aliphatic carbocycles. The summed E-state index contributed by atoms with van der Waals surface area (Å²) in [5.41, 5.74) is 8.19. The van der Waals surface area contributed by atoms with Crippen LogP contribution in [0, 0.1) is 0 Å². The number of hydrogen-bond acceptors (Lipinski definition) is 9. The zero-order chi connectivity index (χ0) is 19.0. The van der Waals surface area contributed by atoms with E-state index in [1.54, 1.807) is 0 Å². The minimum absolute atomic E-state index is 0.200. The van der Waals surface area contributed by atoms with Gasteiger partial charge in [0.15, 0.2) is 12.2 Å². The van der Waals surface area contributed by atoms with Crippen LogP contribution in [0.25, 0.3) is 10.4 Å². The molecule has 0 amide bonds. The second kappa shape index (κ2) is 10.1. The van der Waals surface area contributed by atoms with Crippen molar-refractivity contribution in [2.45, 2.75) is 57.5 Å². The second-order valence-corrected chi connectivity index (χ2v) is 6.52. The van der Waals surface area contributed by atoms with Gasteiger partial charge in [-0.05, 0) is 11.3 Å². The Morgan fingerprint density at radius 3 is 2.20 bits per heavy atom. The molecule has 0 bridgehead atoms. The Morgan fingerprint density at radius 1 is 1.12 bits per heavy atom. The predicted molar refractivity (Wildman–Crippen MR) is 87.5 cm³/mol. The maximum atomic E-state index is 11.5. The number of hydrogen-bond donors (Lipinski definition) is 0. The van der Waals surface area contributed by atoms with Crippen LogP contribution >= 0.6 is 11.8 Å². The zero-order valence-corrected chi connectivity index (χ0v) is 15.2. The number of nitrogens with zero attached hydrogens (tertiary/aromatic N) is 3. The van der Waals surface area contributed by atoms with Gasteiger partial charge in [0.05, 0.1) is 0 Å². The maximum Gasteiger partial charge on any atom is 0.303 e. The van der Waals surface area contributed by atoms with Gasteiger partial charge in [0.2, 0.25) is 0 Å². The highest BCUT2D eigenvalue weighted by Crippen LogP contribution is 2.34. The first-order valence-corrected chi connectivity index (χ1v) is 8.64. The Bertz CT molecular complexity index is 553. The van der Waals surface area contributed by atoms with Crippen LogP contribution in [0.1, 0.15) is 27.7 Å². The molecule has 0 aromatic carbocycles. The minimum Gasteiger partial charge on any atom is -0.463 e. The molecule has 0 saturated carbocycles. The van der Waals surface area contributed by atoms with E-state index in [2.05, 4.69) is 10.0 Å². The lowest BCUT2D eigenvalue weighted by atomic mass is 9.98. The molecular formula is C14H21N3O7S. The molecule has 1 saturated heterocycles. The quantitative estimate of drug-likeness (QED) is 0.215. The molecule has 10 nitrogen and oxygen atoms in total. The highest BCUT2D eigenvalue weighted by atomic mass is 32.2. The van der Waals surface area contributed by atoms with Crippen LogP contribution in [0.15, 0.2) is 5.11 Å². The van der Waals surface area contributed by atoms with Gasteiger partial charge < -0.3 is 18.9 Å². The largest absolute Gasteiger partial charge is 0.463 e. The number of esters is 3. The van der Waals surface area contributed by atoms with Gasteiger partial charge in [-0.3, -0.25) is 14.4 Å². The van der Waals surface area contributed by atoms with E-state index in [-0.39, 0.29) is 6.61 Å². The first-order chi connectivity index (χ1) is 11.8. The van der Waals surface area contributed by atoms with E-state index in [1.165, 1.54) is 32.5 Å². The molecule has 11 heteroatoms. The van der Waals surface area contributed by atoms with Crippen LogP contribution in [-0.4, -0.2) is 60.1 Å². The van der Waals surface area contributed by atoms with Crippen LogP contribution in [0.4, 0.5) is 0 Å². The lowest BCUT2D eigenvalue weighted by Crippen LogP contribution is -2.59. The standard InChI is InChI=1S/C14H21N3O7S/c1-5-25-14-11(16-17-15)13(23-9(4)20)12(22-8(3)19)10(24-14)6-21-7(2)18/h10-14H,5-6H2,1-4H3/t10-,11+,12-,13-,14-/m1/s1. The molecule has 140 valence electrons. The Labute approximate surface area is 149 Å². The molecule has 0 radical (unpaired) electrons. The van der Waals surface area contributed by atoms with Crippen LogP contribution < -0.4 is 0 Å². The maximum absolute atomic E-state index is 11.5. The van der Waals surface area contributed by atoms with Crippen molar-refractivity contribution < 1.29 is 33.3 Å². The Kier molecular flexibility index (Phi) is 8.53. The second-order valence-electron chi connectivity index (χ2n) is 5.14. The lowest BCUT2D eigenvalue weighted by molar-refractivity contribution is -0.208. The highest BCUT2D eigenvalue weighted by molar-refractivity contribution is 7.99. The first kappa shape index (κ1) is 21.1. The Morgan fingerprint density at radius 2 is 1.72 bits per heavy atom. The van der Waals surface area contributed by atoms with E-state index >= 15 is 0 Å². The number of rotatable bonds is 7. The summed E-state index contributed by atoms with van der Waals surface area (Å²) in [7, 11) is 0. The number of thioether (sulfide) groups is 1. The summed E-state index contributed by atoms with van der Waals surface area (Å²) < 4.78 is 21.3. The highest BCUT2D eigenvalue weighted by Gasteiger charge is 2.50. The first-order valence-electron chi connectivity index (χ1n) is 7.59.